The van der Waals surface area contributed by atoms with Crippen LogP contribution in [0.5, 0.6) is 0 Å². The SMILES string of the molecule is C=CC[N+](C)OC(=O)C=Cc1ccccc1. The van der Waals surface area contributed by atoms with Gasteiger partial charge < -0.3 is 0 Å². The molecular formula is C13H15NO2+. The molecule has 83 valence electrons. The van der Waals surface area contributed by atoms with Crippen LogP contribution in [-0.4, -0.2) is 19.6 Å². The van der Waals surface area contributed by atoms with Gasteiger partial charge in [0.05, 0.1) is 0 Å². The number of rotatable bonds is 5. The van der Waals surface area contributed by atoms with Crippen molar-refractivity contribution in [2.24, 2.45) is 0 Å². The first-order chi connectivity index (χ1) is 7.72. The molecule has 0 saturated heterocycles. The van der Waals surface area contributed by atoms with Gasteiger partial charge >= 0.3 is 5.97 Å². The number of nitrogens with zero attached hydrogens (tertiary/aromatic N) is 1. The van der Waals surface area contributed by atoms with E-state index in [0.29, 0.717) is 6.54 Å². The summed E-state index contributed by atoms with van der Waals surface area (Å²) < 4.78 is 0. The van der Waals surface area contributed by atoms with Crippen LogP contribution in [0.15, 0.2) is 49.1 Å². The fourth-order valence-electron chi connectivity index (χ4n) is 1.13. The highest BCUT2D eigenvalue weighted by Gasteiger charge is 2.11. The largest absolute Gasteiger partial charge is 0.397 e. The minimum absolute atomic E-state index is 0.395. The highest BCUT2D eigenvalue weighted by molar-refractivity contribution is 5.86. The molecule has 3 nitrogen and oxygen atoms in total. The summed E-state index contributed by atoms with van der Waals surface area (Å²) in [6.45, 7) is 4.06. The standard InChI is InChI=1S/C13H15NO2/c1-3-11-14(2)16-13(15)10-9-12-7-5-4-6-8-12/h3-10H,1,11H2,2H3/q+1. The maximum absolute atomic E-state index is 11.3. The van der Waals surface area contributed by atoms with Gasteiger partial charge in [-0.15, -0.1) is 0 Å². The highest BCUT2D eigenvalue weighted by Crippen LogP contribution is 2.01. The van der Waals surface area contributed by atoms with Gasteiger partial charge in [0.2, 0.25) is 0 Å². The Hall–Kier alpha value is -1.87. The van der Waals surface area contributed by atoms with Gasteiger partial charge in [-0.3, -0.25) is 0 Å². The monoisotopic (exact) mass is 217 g/mol. The van der Waals surface area contributed by atoms with Crippen molar-refractivity contribution in [3.8, 4) is 0 Å². The van der Waals surface area contributed by atoms with E-state index < -0.39 is 5.97 Å². The number of hydroxylamine groups is 2. The summed E-state index contributed by atoms with van der Waals surface area (Å²) in [5.74, 6) is -0.395. The molecule has 16 heavy (non-hydrogen) atoms. The Bertz CT molecular complexity index is 371. The van der Waals surface area contributed by atoms with Crippen LogP contribution in [0.1, 0.15) is 5.56 Å². The number of carbonyl (C=O) groups excluding carboxylic acids is 1. The number of likely N-dealkylation sites (N-methyl/N-ethyl adjacent to an activating group) is 1. The molecule has 1 rings (SSSR count). The lowest BCUT2D eigenvalue weighted by atomic mass is 10.2. The fraction of sp³-hybridized carbons (Fsp3) is 0.154. The van der Waals surface area contributed by atoms with E-state index in [-0.39, 0.29) is 0 Å². The van der Waals surface area contributed by atoms with Crippen molar-refractivity contribution in [3.63, 3.8) is 0 Å². The average Bonchev–Trinajstić information content (AvgIpc) is 2.28. The van der Waals surface area contributed by atoms with E-state index in [0.717, 1.165) is 5.56 Å². The first-order valence-electron chi connectivity index (χ1n) is 4.99. The second kappa shape index (κ2) is 6.58. The third kappa shape index (κ3) is 4.57. The minimum Gasteiger partial charge on any atom is -0.240 e. The van der Waals surface area contributed by atoms with Crippen LogP contribution in [0.3, 0.4) is 0 Å². The zero-order valence-corrected chi connectivity index (χ0v) is 9.30. The predicted molar refractivity (Wildman–Crippen MR) is 64.7 cm³/mol. The van der Waals surface area contributed by atoms with E-state index in [1.165, 1.54) is 11.1 Å². The van der Waals surface area contributed by atoms with Gasteiger partial charge in [0.1, 0.15) is 0 Å². The molecule has 0 heterocycles. The van der Waals surface area contributed by atoms with Gasteiger partial charge in [-0.25, -0.2) is 9.63 Å². The Balaban J connectivity index is 2.45. The van der Waals surface area contributed by atoms with E-state index in [1.54, 1.807) is 19.2 Å². The molecule has 0 aliphatic rings. The van der Waals surface area contributed by atoms with E-state index in [1.807, 2.05) is 30.3 Å². The summed E-state index contributed by atoms with van der Waals surface area (Å²) in [5, 5.41) is 1.42. The van der Waals surface area contributed by atoms with Gasteiger partial charge in [-0.2, -0.15) is 0 Å². The molecule has 0 N–H and O–H groups in total. The molecule has 0 aliphatic carbocycles. The Morgan fingerprint density at radius 2 is 2.12 bits per heavy atom. The smallest absolute Gasteiger partial charge is 0.240 e. The molecule has 0 saturated carbocycles. The van der Waals surface area contributed by atoms with Gasteiger partial charge in [-0.05, 0) is 17.7 Å². The third-order valence-electron chi connectivity index (χ3n) is 1.84. The number of benzene rings is 1. The van der Waals surface area contributed by atoms with Crippen molar-refractivity contribution in [2.45, 2.75) is 0 Å². The van der Waals surface area contributed by atoms with Crippen LogP contribution in [0, 0.1) is 0 Å². The van der Waals surface area contributed by atoms with Crippen molar-refractivity contribution in [3.05, 3.63) is 54.6 Å². The zero-order valence-electron chi connectivity index (χ0n) is 9.30. The summed E-state index contributed by atoms with van der Waals surface area (Å²) in [5.41, 5.74) is 0.964. The van der Waals surface area contributed by atoms with E-state index in [9.17, 15) is 4.79 Å². The van der Waals surface area contributed by atoms with Gasteiger partial charge in [0.15, 0.2) is 13.6 Å². The summed E-state index contributed by atoms with van der Waals surface area (Å²) in [6, 6.07) is 9.58. The van der Waals surface area contributed by atoms with Crippen molar-refractivity contribution in [1.29, 1.82) is 0 Å². The zero-order chi connectivity index (χ0) is 11.8. The molecule has 0 spiro atoms. The van der Waals surface area contributed by atoms with Crippen molar-refractivity contribution in [1.82, 2.24) is 5.06 Å². The van der Waals surface area contributed by atoms with Crippen molar-refractivity contribution >= 4 is 12.0 Å². The summed E-state index contributed by atoms with van der Waals surface area (Å²) in [7, 11) is 1.68. The molecule has 0 amide bonds. The highest BCUT2D eigenvalue weighted by atomic mass is 16.7. The fourth-order valence-corrected chi connectivity index (χ4v) is 1.13. The number of hydrogen-bond donors (Lipinski definition) is 0. The molecule has 3 heteroatoms. The Kier molecular flexibility index (Phi) is 5.02. The first kappa shape index (κ1) is 12.2. The molecule has 0 atom stereocenters. The van der Waals surface area contributed by atoms with E-state index in [4.69, 9.17) is 4.84 Å². The molecule has 0 fully saturated rings. The average molecular weight is 217 g/mol. The van der Waals surface area contributed by atoms with Crippen LogP contribution >= 0.6 is 0 Å². The molecule has 0 bridgehead atoms. The third-order valence-corrected chi connectivity index (χ3v) is 1.84. The number of carbonyl (C=O) groups is 1. The quantitative estimate of drug-likeness (QED) is 0.327. The lowest BCUT2D eigenvalue weighted by Gasteiger charge is -1.99. The Labute approximate surface area is 95.6 Å². The summed E-state index contributed by atoms with van der Waals surface area (Å²) >= 11 is 0. The number of hydrogen-bond acceptors (Lipinski definition) is 3. The normalized spacial score (nSPS) is 10.6. The van der Waals surface area contributed by atoms with Gasteiger partial charge in [0.25, 0.3) is 0 Å². The van der Waals surface area contributed by atoms with Crippen molar-refractivity contribution in [2.75, 3.05) is 13.6 Å². The molecule has 1 aromatic carbocycles. The first-order valence-corrected chi connectivity index (χ1v) is 4.99. The minimum atomic E-state index is -0.395. The molecular weight excluding hydrogens is 202 g/mol. The van der Waals surface area contributed by atoms with Crippen LogP contribution in [0.25, 0.3) is 6.08 Å². The molecule has 0 aliphatic heterocycles. The second-order valence-corrected chi connectivity index (χ2v) is 3.25. The predicted octanol–water partition coefficient (Wildman–Crippen LogP) is 2.11. The van der Waals surface area contributed by atoms with Crippen LogP contribution in [-0.2, 0) is 9.63 Å². The van der Waals surface area contributed by atoms with E-state index >= 15 is 0 Å². The Morgan fingerprint density at radius 3 is 2.75 bits per heavy atom. The lowest BCUT2D eigenvalue weighted by Crippen LogP contribution is -2.27. The second-order valence-electron chi connectivity index (χ2n) is 3.25. The molecule has 1 aromatic rings. The maximum Gasteiger partial charge on any atom is 0.397 e. The molecule has 0 unspecified atom stereocenters. The maximum atomic E-state index is 11.3. The van der Waals surface area contributed by atoms with Gasteiger partial charge in [-0.1, -0.05) is 36.9 Å². The van der Waals surface area contributed by atoms with Crippen LogP contribution < -0.4 is 5.06 Å². The summed E-state index contributed by atoms with van der Waals surface area (Å²) in [4.78, 5) is 16.3. The van der Waals surface area contributed by atoms with Crippen molar-refractivity contribution < 1.29 is 9.63 Å². The molecule has 1 radical (unpaired) electrons. The summed E-state index contributed by atoms with van der Waals surface area (Å²) in [6.07, 6.45) is 4.77. The van der Waals surface area contributed by atoms with E-state index in [2.05, 4.69) is 6.58 Å². The lowest BCUT2D eigenvalue weighted by molar-refractivity contribution is -0.155. The van der Waals surface area contributed by atoms with Crippen LogP contribution in [0.4, 0.5) is 0 Å². The van der Waals surface area contributed by atoms with Gasteiger partial charge in [0, 0.05) is 11.1 Å². The van der Waals surface area contributed by atoms with Crippen LogP contribution in [0.2, 0.25) is 0 Å². The molecule has 0 aromatic heterocycles. The Morgan fingerprint density at radius 1 is 1.44 bits per heavy atom. The topological polar surface area (TPSA) is 32.2 Å².